The van der Waals surface area contributed by atoms with Crippen LogP contribution in [0.4, 0.5) is 0 Å². The van der Waals surface area contributed by atoms with E-state index in [4.69, 9.17) is 0 Å². The smallest absolute Gasteiger partial charge is 0.0130 e. The quantitative estimate of drug-likeness (QED) is 0.497. The van der Waals surface area contributed by atoms with Gasteiger partial charge in [0.05, 0.1) is 0 Å². The molecule has 0 nitrogen and oxygen atoms in total. The van der Waals surface area contributed by atoms with Crippen LogP contribution in [0, 0.1) is 6.42 Å². The molecular weight excluding hydrogens is 168 g/mol. The van der Waals surface area contributed by atoms with Crippen LogP contribution >= 0.6 is 0 Å². The highest BCUT2D eigenvalue weighted by Crippen LogP contribution is 1.96. The Labute approximate surface area is 87.0 Å². The van der Waals surface area contributed by atoms with Crippen molar-refractivity contribution in [2.24, 2.45) is 0 Å². The highest BCUT2D eigenvalue weighted by molar-refractivity contribution is 5.12. The zero-order chi connectivity index (χ0) is 9.90. The molecule has 1 rings (SSSR count). The van der Waals surface area contributed by atoms with E-state index in [1.807, 2.05) is 0 Å². The van der Waals surface area contributed by atoms with Gasteiger partial charge >= 0.3 is 0 Å². The first kappa shape index (κ1) is 10.8. The lowest BCUT2D eigenvalue weighted by Crippen LogP contribution is -1.67. The van der Waals surface area contributed by atoms with E-state index in [0.29, 0.717) is 0 Å². The fourth-order valence-electron chi connectivity index (χ4n) is 1.12. The molecule has 0 aromatic carbocycles. The fraction of sp³-hybridized carbons (Fsp3) is 0.214. The predicted octanol–water partition coefficient (Wildman–Crippen LogP) is 4.16. The average molecular weight is 185 g/mol. The van der Waals surface area contributed by atoms with Gasteiger partial charge in [-0.3, -0.25) is 0 Å². The number of rotatable bonds is 0. The van der Waals surface area contributed by atoms with E-state index in [9.17, 15) is 0 Å². The summed E-state index contributed by atoms with van der Waals surface area (Å²) < 4.78 is 0. The first-order chi connectivity index (χ1) is 7.00. The van der Waals surface area contributed by atoms with Crippen LogP contribution in [0.25, 0.3) is 0 Å². The van der Waals surface area contributed by atoms with Gasteiger partial charge in [-0.15, -0.1) is 0 Å². The van der Waals surface area contributed by atoms with Gasteiger partial charge in [0.15, 0.2) is 0 Å². The van der Waals surface area contributed by atoms with Crippen LogP contribution in [0.2, 0.25) is 0 Å². The van der Waals surface area contributed by atoms with E-state index in [1.165, 1.54) is 0 Å². The maximum atomic E-state index is 2.19. The van der Waals surface area contributed by atoms with E-state index >= 15 is 0 Å². The van der Waals surface area contributed by atoms with Crippen molar-refractivity contribution in [1.29, 1.82) is 0 Å². The van der Waals surface area contributed by atoms with Gasteiger partial charge in [0.2, 0.25) is 0 Å². The fourth-order valence-corrected chi connectivity index (χ4v) is 1.12. The van der Waals surface area contributed by atoms with Crippen LogP contribution in [-0.2, 0) is 0 Å². The van der Waals surface area contributed by atoms with Gasteiger partial charge in [-0.25, -0.2) is 0 Å². The van der Waals surface area contributed by atoms with Crippen molar-refractivity contribution >= 4 is 0 Å². The molecule has 0 saturated carbocycles. The van der Waals surface area contributed by atoms with E-state index in [1.54, 1.807) is 0 Å². The standard InChI is InChI=1S/C14H17/c1-2-4-6-8-10-12-14-13-11-9-7-5-3-1/h1-5,8-12,14H,6-7,13H2/b3-1+,4-2+,10-8-,11-9+,14-12+. The summed E-state index contributed by atoms with van der Waals surface area (Å²) in [5, 5.41) is 0. The van der Waals surface area contributed by atoms with Gasteiger partial charge in [0, 0.05) is 0 Å². The molecule has 0 aromatic rings. The summed E-state index contributed by atoms with van der Waals surface area (Å²) in [4.78, 5) is 0. The van der Waals surface area contributed by atoms with Crippen molar-refractivity contribution in [2.75, 3.05) is 0 Å². The third-order valence-corrected chi connectivity index (χ3v) is 1.86. The monoisotopic (exact) mass is 185 g/mol. The van der Waals surface area contributed by atoms with E-state index in [2.05, 4.69) is 67.2 Å². The molecule has 0 saturated heterocycles. The van der Waals surface area contributed by atoms with Crippen molar-refractivity contribution in [3.63, 3.8) is 0 Å². The van der Waals surface area contributed by atoms with Crippen LogP contribution in [-0.4, -0.2) is 0 Å². The summed E-state index contributed by atoms with van der Waals surface area (Å²) in [6.07, 6.45) is 26.5. The van der Waals surface area contributed by atoms with Gasteiger partial charge in [0.1, 0.15) is 0 Å². The van der Waals surface area contributed by atoms with Crippen LogP contribution in [0.3, 0.4) is 0 Å². The molecule has 0 aromatic heterocycles. The Morgan fingerprint density at radius 3 is 1.79 bits per heavy atom. The Bertz CT molecular complexity index is 262. The van der Waals surface area contributed by atoms with E-state index in [-0.39, 0.29) is 0 Å². The predicted molar refractivity (Wildman–Crippen MR) is 63.9 cm³/mol. The molecular formula is C14H17. The third-order valence-electron chi connectivity index (χ3n) is 1.86. The topological polar surface area (TPSA) is 0 Å². The van der Waals surface area contributed by atoms with Crippen LogP contribution in [0.15, 0.2) is 60.8 Å². The van der Waals surface area contributed by atoms with E-state index in [0.717, 1.165) is 19.3 Å². The van der Waals surface area contributed by atoms with Gasteiger partial charge in [-0.05, 0) is 25.7 Å². The Balaban J connectivity index is 2.45. The second-order valence-electron chi connectivity index (χ2n) is 3.08. The van der Waals surface area contributed by atoms with Crippen molar-refractivity contribution < 1.29 is 0 Å². The van der Waals surface area contributed by atoms with Crippen molar-refractivity contribution in [3.05, 3.63) is 67.2 Å². The first-order valence-electron chi connectivity index (χ1n) is 5.12. The SMILES string of the molecule is [CH]1/C=C/C=C/C/C=C\C=C\C/C=C/C1. The highest BCUT2D eigenvalue weighted by atomic mass is 13.8. The summed E-state index contributed by atoms with van der Waals surface area (Å²) in [5.41, 5.74) is 0. The van der Waals surface area contributed by atoms with Crippen molar-refractivity contribution in [3.8, 4) is 0 Å². The molecule has 0 heteroatoms. The number of hydrogen-bond donors (Lipinski definition) is 0. The Hall–Kier alpha value is -1.30. The minimum Gasteiger partial charge on any atom is -0.0876 e. The molecule has 0 N–H and O–H groups in total. The van der Waals surface area contributed by atoms with Gasteiger partial charge in [-0.2, -0.15) is 0 Å². The third kappa shape index (κ3) is 6.24. The average Bonchev–Trinajstić information content (AvgIpc) is 2.22. The summed E-state index contributed by atoms with van der Waals surface area (Å²) in [7, 11) is 0. The van der Waals surface area contributed by atoms with Gasteiger partial charge in [0.25, 0.3) is 0 Å². The Morgan fingerprint density at radius 2 is 1.00 bits per heavy atom. The van der Waals surface area contributed by atoms with Crippen LogP contribution < -0.4 is 0 Å². The Kier molecular flexibility index (Phi) is 6.39. The van der Waals surface area contributed by atoms with Gasteiger partial charge in [-0.1, -0.05) is 60.8 Å². The molecule has 0 aliphatic heterocycles. The highest BCUT2D eigenvalue weighted by Gasteiger charge is 1.77. The lowest BCUT2D eigenvalue weighted by Gasteiger charge is -1.86. The number of allylic oxidation sites excluding steroid dienone is 10. The van der Waals surface area contributed by atoms with Crippen molar-refractivity contribution in [2.45, 2.75) is 19.3 Å². The molecule has 0 bridgehead atoms. The summed E-state index contributed by atoms with van der Waals surface area (Å²) in [6, 6.07) is 0. The van der Waals surface area contributed by atoms with Crippen LogP contribution in [0.1, 0.15) is 19.3 Å². The van der Waals surface area contributed by atoms with Gasteiger partial charge < -0.3 is 0 Å². The largest absolute Gasteiger partial charge is 0.0876 e. The molecule has 0 fully saturated rings. The molecule has 0 unspecified atom stereocenters. The zero-order valence-electron chi connectivity index (χ0n) is 8.47. The Morgan fingerprint density at radius 1 is 0.429 bits per heavy atom. The summed E-state index contributed by atoms with van der Waals surface area (Å²) in [6.45, 7) is 0. The first-order valence-corrected chi connectivity index (χ1v) is 5.12. The second kappa shape index (κ2) is 8.31. The maximum absolute atomic E-state index is 2.19. The normalized spacial score (nSPS) is 29.7. The molecule has 1 radical (unpaired) electrons. The van der Waals surface area contributed by atoms with Crippen molar-refractivity contribution in [1.82, 2.24) is 0 Å². The second-order valence-corrected chi connectivity index (χ2v) is 3.08. The molecule has 1 aliphatic carbocycles. The molecule has 0 heterocycles. The van der Waals surface area contributed by atoms with Crippen LogP contribution in [0.5, 0.6) is 0 Å². The molecule has 14 heavy (non-hydrogen) atoms. The molecule has 0 atom stereocenters. The summed E-state index contributed by atoms with van der Waals surface area (Å²) >= 11 is 0. The molecule has 73 valence electrons. The lowest BCUT2D eigenvalue weighted by atomic mass is 10.2. The maximum Gasteiger partial charge on any atom is -0.0130 e. The number of hydrogen-bond acceptors (Lipinski definition) is 0. The van der Waals surface area contributed by atoms with E-state index < -0.39 is 0 Å². The molecule has 0 amide bonds. The minimum atomic E-state index is 1.00. The molecule has 0 spiro atoms. The lowest BCUT2D eigenvalue weighted by molar-refractivity contribution is 1.25. The zero-order valence-corrected chi connectivity index (χ0v) is 8.47. The minimum absolute atomic E-state index is 1.00. The summed E-state index contributed by atoms with van der Waals surface area (Å²) in [5.74, 6) is 0. The molecule has 1 aliphatic rings.